The van der Waals surface area contributed by atoms with Crippen LogP contribution in [0.15, 0.2) is 16.9 Å². The van der Waals surface area contributed by atoms with Crippen molar-refractivity contribution < 1.29 is 4.42 Å². The van der Waals surface area contributed by atoms with Gasteiger partial charge in [0.1, 0.15) is 5.69 Å². The summed E-state index contributed by atoms with van der Waals surface area (Å²) in [6.45, 7) is 0. The number of hydrogen-bond donors (Lipinski definition) is 1. The predicted octanol–water partition coefficient (Wildman–Crippen LogP) is 0.260. The van der Waals surface area contributed by atoms with Crippen molar-refractivity contribution in [2.24, 2.45) is 0 Å². The predicted molar refractivity (Wildman–Crippen MR) is 30.7 cm³/mol. The van der Waals surface area contributed by atoms with Crippen LogP contribution in [0, 0.1) is 6.39 Å². The Balaban J connectivity index is 2.48. The van der Waals surface area contributed by atoms with Gasteiger partial charge in [-0.25, -0.2) is 4.98 Å². The zero-order chi connectivity index (χ0) is 6.81. The van der Waals surface area contributed by atoms with Crippen molar-refractivity contribution in [1.82, 2.24) is 20.2 Å². The van der Waals surface area contributed by atoms with E-state index in [1.165, 1.54) is 0 Å². The Morgan fingerprint density at radius 1 is 1.60 bits per heavy atom. The van der Waals surface area contributed by atoms with Crippen LogP contribution in [0.1, 0.15) is 0 Å². The molecule has 0 fully saturated rings. The fourth-order valence-electron chi connectivity index (χ4n) is 0.631. The molecule has 1 N–H and O–H groups in total. The van der Waals surface area contributed by atoms with Crippen LogP contribution in [0.5, 0.6) is 0 Å². The molecule has 2 aromatic rings. The summed E-state index contributed by atoms with van der Waals surface area (Å²) in [5.41, 5.74) is 0.633. The second kappa shape index (κ2) is 1.94. The minimum Gasteiger partial charge on any atom is -0.411 e. The van der Waals surface area contributed by atoms with Crippen molar-refractivity contribution in [2.45, 2.75) is 0 Å². The van der Waals surface area contributed by atoms with Crippen LogP contribution in [0.4, 0.5) is 0 Å². The highest BCUT2D eigenvalue weighted by Crippen LogP contribution is 2.09. The van der Waals surface area contributed by atoms with Crippen LogP contribution < -0.4 is 0 Å². The lowest BCUT2D eigenvalue weighted by Gasteiger charge is -1.79. The number of nitrogens with one attached hydrogen (secondary N) is 1. The smallest absolute Gasteiger partial charge is 0.306 e. The van der Waals surface area contributed by atoms with Crippen LogP contribution in [-0.4, -0.2) is 20.2 Å². The molecule has 0 saturated heterocycles. The van der Waals surface area contributed by atoms with Gasteiger partial charge in [0.25, 0.3) is 5.89 Å². The molecular weight excluding hydrogens is 132 g/mol. The maximum absolute atomic E-state index is 4.75. The number of rotatable bonds is 1. The largest absolute Gasteiger partial charge is 0.411 e. The van der Waals surface area contributed by atoms with E-state index in [1.54, 1.807) is 12.5 Å². The van der Waals surface area contributed by atoms with E-state index >= 15 is 0 Å². The summed E-state index contributed by atoms with van der Waals surface area (Å²) < 4.78 is 4.75. The van der Waals surface area contributed by atoms with Gasteiger partial charge in [0.05, 0.1) is 6.33 Å². The van der Waals surface area contributed by atoms with Gasteiger partial charge in [0.2, 0.25) is 0 Å². The molecule has 49 valence electrons. The van der Waals surface area contributed by atoms with E-state index in [0.717, 1.165) is 0 Å². The highest BCUT2D eigenvalue weighted by Gasteiger charge is 2.03. The highest BCUT2D eigenvalue weighted by atomic mass is 16.4. The Labute approximate surface area is 56.1 Å². The summed E-state index contributed by atoms with van der Waals surface area (Å²) in [5.74, 6) is 0.376. The van der Waals surface area contributed by atoms with Crippen LogP contribution in [-0.2, 0) is 0 Å². The third-order valence-corrected chi connectivity index (χ3v) is 1.04. The topological polar surface area (TPSA) is 67.6 Å². The Bertz CT molecular complexity index is 253. The van der Waals surface area contributed by atoms with E-state index in [-0.39, 0.29) is 0 Å². The maximum Gasteiger partial charge on any atom is 0.306 e. The Morgan fingerprint density at radius 2 is 2.60 bits per heavy atom. The average molecular weight is 135 g/mol. The standard InChI is InChI=1S/C5H3N4O/c1-4(7-2-6-1)5-9-8-3-10-5/h1-2H,(H,6,7). The Kier molecular flexibility index (Phi) is 1.00. The molecule has 0 atom stereocenters. The number of nitrogens with zero attached hydrogens (tertiary/aromatic N) is 3. The number of aromatic amines is 1. The van der Waals surface area contributed by atoms with Gasteiger partial charge in [0.15, 0.2) is 0 Å². The molecule has 2 aromatic heterocycles. The van der Waals surface area contributed by atoms with Crippen molar-refractivity contribution >= 4 is 0 Å². The van der Waals surface area contributed by atoms with Gasteiger partial charge < -0.3 is 9.40 Å². The average Bonchev–Trinajstić information content (AvgIpc) is 2.59. The molecule has 0 spiro atoms. The second-order valence-electron chi connectivity index (χ2n) is 1.65. The van der Waals surface area contributed by atoms with Gasteiger partial charge in [-0.05, 0) is 0 Å². The van der Waals surface area contributed by atoms with Crippen LogP contribution >= 0.6 is 0 Å². The molecule has 0 aromatic carbocycles. The molecule has 2 heterocycles. The van der Waals surface area contributed by atoms with E-state index < -0.39 is 0 Å². The first-order chi connectivity index (χ1) is 4.97. The van der Waals surface area contributed by atoms with Crippen molar-refractivity contribution in [2.75, 3.05) is 0 Å². The lowest BCUT2D eigenvalue weighted by atomic mass is 10.5. The van der Waals surface area contributed by atoms with E-state index in [4.69, 9.17) is 4.42 Å². The van der Waals surface area contributed by atoms with Gasteiger partial charge in [0, 0.05) is 6.20 Å². The first-order valence-electron chi connectivity index (χ1n) is 2.65. The van der Waals surface area contributed by atoms with Gasteiger partial charge in [-0.2, -0.15) is 0 Å². The normalized spacial score (nSPS) is 10.0. The van der Waals surface area contributed by atoms with Gasteiger partial charge in [-0.15, -0.1) is 10.2 Å². The third kappa shape index (κ3) is 0.680. The first-order valence-corrected chi connectivity index (χ1v) is 2.65. The molecule has 0 amide bonds. The number of H-pyrrole nitrogens is 1. The SMILES string of the molecule is [c]1nnc(-c2c[nH]cn2)o1. The Morgan fingerprint density at radius 3 is 3.20 bits per heavy atom. The Hall–Kier alpha value is -1.65. The van der Waals surface area contributed by atoms with Crippen molar-refractivity contribution in [1.29, 1.82) is 0 Å². The van der Waals surface area contributed by atoms with Gasteiger partial charge >= 0.3 is 6.39 Å². The summed E-state index contributed by atoms with van der Waals surface area (Å²) in [7, 11) is 0. The zero-order valence-electron chi connectivity index (χ0n) is 4.90. The van der Waals surface area contributed by atoms with Crippen molar-refractivity contribution in [3.05, 3.63) is 18.9 Å². The molecule has 10 heavy (non-hydrogen) atoms. The quantitative estimate of drug-likeness (QED) is 0.609. The zero-order valence-corrected chi connectivity index (χ0v) is 4.90. The van der Waals surface area contributed by atoms with Gasteiger partial charge in [-0.1, -0.05) is 0 Å². The molecule has 0 aliphatic carbocycles. The van der Waals surface area contributed by atoms with Crippen molar-refractivity contribution in [3.63, 3.8) is 0 Å². The second-order valence-corrected chi connectivity index (χ2v) is 1.65. The molecular formula is C5H3N4O. The van der Waals surface area contributed by atoms with E-state index in [0.29, 0.717) is 11.6 Å². The van der Waals surface area contributed by atoms with E-state index in [9.17, 15) is 0 Å². The maximum atomic E-state index is 4.75. The van der Waals surface area contributed by atoms with Gasteiger partial charge in [-0.3, -0.25) is 0 Å². The highest BCUT2D eigenvalue weighted by molar-refractivity contribution is 5.42. The molecule has 0 bridgehead atoms. The van der Waals surface area contributed by atoms with Crippen LogP contribution in [0.2, 0.25) is 0 Å². The molecule has 5 nitrogen and oxygen atoms in total. The van der Waals surface area contributed by atoms with E-state index in [2.05, 4.69) is 26.6 Å². The molecule has 0 unspecified atom stereocenters. The molecule has 5 heteroatoms. The molecule has 2 rings (SSSR count). The molecule has 0 aliphatic heterocycles. The first kappa shape index (κ1) is 5.16. The summed E-state index contributed by atoms with van der Waals surface area (Å²) in [6, 6.07) is 0. The lowest BCUT2D eigenvalue weighted by molar-refractivity contribution is 0.557. The van der Waals surface area contributed by atoms with Crippen LogP contribution in [0.25, 0.3) is 11.6 Å². The molecule has 1 radical (unpaired) electrons. The summed E-state index contributed by atoms with van der Waals surface area (Å²) in [5, 5.41) is 6.99. The number of hydrogen-bond acceptors (Lipinski definition) is 4. The molecule has 0 aliphatic rings. The van der Waals surface area contributed by atoms with Crippen molar-refractivity contribution in [3.8, 4) is 11.6 Å². The minimum atomic E-state index is 0.376. The summed E-state index contributed by atoms with van der Waals surface area (Å²) in [4.78, 5) is 6.65. The third-order valence-electron chi connectivity index (χ3n) is 1.04. The lowest BCUT2D eigenvalue weighted by Crippen LogP contribution is -1.75. The minimum absolute atomic E-state index is 0.376. The van der Waals surface area contributed by atoms with Crippen LogP contribution in [0.3, 0.4) is 0 Å². The monoisotopic (exact) mass is 135 g/mol. The fourth-order valence-corrected chi connectivity index (χ4v) is 0.631. The summed E-state index contributed by atoms with van der Waals surface area (Å²) >= 11 is 0. The fraction of sp³-hybridized carbons (Fsp3) is 0. The number of aromatic nitrogens is 4. The van der Waals surface area contributed by atoms with E-state index in [1.807, 2.05) is 0 Å². The number of imidazole rings is 1. The summed E-state index contributed by atoms with van der Waals surface area (Å²) in [6.07, 6.45) is 5.44. The molecule has 0 saturated carbocycles.